The van der Waals surface area contributed by atoms with Gasteiger partial charge in [0.25, 0.3) is 0 Å². The average molecular weight is 406 g/mol. The van der Waals surface area contributed by atoms with Crippen LogP contribution in [0.2, 0.25) is 0 Å². The highest BCUT2D eigenvalue weighted by molar-refractivity contribution is 14.0. The second-order valence-electron chi connectivity index (χ2n) is 4.78. The van der Waals surface area contributed by atoms with E-state index in [0.29, 0.717) is 12.5 Å². The molecule has 2 heterocycles. The monoisotopic (exact) mass is 406 g/mol. The van der Waals surface area contributed by atoms with Crippen molar-refractivity contribution in [1.82, 2.24) is 9.88 Å². The number of halogens is 1. The standard InChI is InChI=1S/C14H22N4S.HI/c1-19-13-10-12(6-7-16-13)11-17-14(15)18-8-4-2-3-5-9-18;/h6-7,10H,2-5,8-9,11H2,1H3,(H2,15,17);1H. The number of thioether (sulfide) groups is 1. The van der Waals surface area contributed by atoms with Crippen LogP contribution in [-0.4, -0.2) is 35.2 Å². The Kier molecular flexibility index (Phi) is 8.28. The van der Waals surface area contributed by atoms with Crippen LogP contribution in [0.4, 0.5) is 0 Å². The number of likely N-dealkylation sites (tertiary alicyclic amines) is 1. The van der Waals surface area contributed by atoms with Crippen LogP contribution >= 0.6 is 35.7 Å². The SMILES string of the molecule is CSc1cc(CN=C(N)N2CCCCCC2)ccn1.I. The van der Waals surface area contributed by atoms with Crippen LogP contribution in [0.3, 0.4) is 0 Å². The molecule has 0 amide bonds. The van der Waals surface area contributed by atoms with E-state index in [1.807, 2.05) is 18.5 Å². The molecule has 0 atom stereocenters. The van der Waals surface area contributed by atoms with E-state index in [9.17, 15) is 0 Å². The summed E-state index contributed by atoms with van der Waals surface area (Å²) in [6.45, 7) is 2.72. The summed E-state index contributed by atoms with van der Waals surface area (Å²) >= 11 is 1.65. The summed E-state index contributed by atoms with van der Waals surface area (Å²) in [6.07, 6.45) is 8.93. The molecule has 0 aliphatic carbocycles. The number of hydrogen-bond donors (Lipinski definition) is 1. The fraction of sp³-hybridized carbons (Fsp3) is 0.571. The maximum absolute atomic E-state index is 6.09. The van der Waals surface area contributed by atoms with E-state index in [1.165, 1.54) is 25.7 Å². The molecule has 1 aromatic rings. The zero-order valence-electron chi connectivity index (χ0n) is 11.9. The van der Waals surface area contributed by atoms with E-state index < -0.39 is 0 Å². The van der Waals surface area contributed by atoms with Crippen molar-refractivity contribution >= 4 is 41.7 Å². The number of aromatic nitrogens is 1. The molecule has 20 heavy (non-hydrogen) atoms. The average Bonchev–Trinajstić information content (AvgIpc) is 2.74. The molecule has 2 N–H and O–H groups in total. The van der Waals surface area contributed by atoms with Gasteiger partial charge in [-0.1, -0.05) is 12.8 Å². The molecule has 0 radical (unpaired) electrons. The van der Waals surface area contributed by atoms with Gasteiger partial charge in [0.05, 0.1) is 11.6 Å². The summed E-state index contributed by atoms with van der Waals surface area (Å²) in [6, 6.07) is 4.07. The number of guanidine groups is 1. The van der Waals surface area contributed by atoms with Gasteiger partial charge in [-0.05, 0) is 36.8 Å². The summed E-state index contributed by atoms with van der Waals surface area (Å²) in [7, 11) is 0. The Bertz CT molecular complexity index is 431. The minimum absolute atomic E-state index is 0. The van der Waals surface area contributed by atoms with E-state index in [4.69, 9.17) is 5.73 Å². The molecular formula is C14H23IN4S. The van der Waals surface area contributed by atoms with Gasteiger partial charge >= 0.3 is 0 Å². The lowest BCUT2D eigenvalue weighted by Crippen LogP contribution is -2.38. The summed E-state index contributed by atoms with van der Waals surface area (Å²) in [4.78, 5) is 11.0. The van der Waals surface area contributed by atoms with Gasteiger partial charge in [-0.15, -0.1) is 35.7 Å². The molecule has 0 bridgehead atoms. The lowest BCUT2D eigenvalue weighted by atomic mass is 10.2. The highest BCUT2D eigenvalue weighted by Crippen LogP contribution is 2.13. The molecular weight excluding hydrogens is 383 g/mol. The first-order valence-electron chi connectivity index (χ1n) is 6.83. The zero-order chi connectivity index (χ0) is 13.5. The summed E-state index contributed by atoms with van der Waals surface area (Å²) in [5.41, 5.74) is 7.26. The van der Waals surface area contributed by atoms with Gasteiger partial charge in [-0.2, -0.15) is 0 Å². The van der Waals surface area contributed by atoms with Crippen molar-refractivity contribution in [3.8, 4) is 0 Å². The second-order valence-corrected chi connectivity index (χ2v) is 5.61. The molecule has 1 aliphatic heterocycles. The van der Waals surface area contributed by atoms with E-state index >= 15 is 0 Å². The van der Waals surface area contributed by atoms with Gasteiger partial charge in [-0.25, -0.2) is 9.98 Å². The molecule has 0 aromatic carbocycles. The predicted octanol–water partition coefficient (Wildman–Crippen LogP) is 3.11. The third-order valence-electron chi connectivity index (χ3n) is 3.36. The third kappa shape index (κ3) is 5.47. The molecule has 1 saturated heterocycles. The molecule has 4 nitrogen and oxygen atoms in total. The second kappa shape index (κ2) is 9.44. The van der Waals surface area contributed by atoms with Gasteiger partial charge in [0.15, 0.2) is 5.96 Å². The quantitative estimate of drug-likeness (QED) is 0.363. The minimum atomic E-state index is 0. The van der Waals surface area contributed by atoms with Crippen molar-refractivity contribution in [3.63, 3.8) is 0 Å². The molecule has 2 rings (SSSR count). The van der Waals surface area contributed by atoms with E-state index in [0.717, 1.165) is 23.7 Å². The van der Waals surface area contributed by atoms with E-state index in [2.05, 4.69) is 20.9 Å². The first-order valence-corrected chi connectivity index (χ1v) is 8.06. The Morgan fingerprint density at radius 2 is 2.05 bits per heavy atom. The van der Waals surface area contributed by atoms with Gasteiger partial charge < -0.3 is 10.6 Å². The first kappa shape index (κ1) is 17.6. The molecule has 112 valence electrons. The van der Waals surface area contributed by atoms with Crippen molar-refractivity contribution in [2.24, 2.45) is 10.7 Å². The van der Waals surface area contributed by atoms with Crippen molar-refractivity contribution in [1.29, 1.82) is 0 Å². The number of pyridine rings is 1. The smallest absolute Gasteiger partial charge is 0.191 e. The van der Waals surface area contributed by atoms with Gasteiger partial charge in [0.1, 0.15) is 0 Å². The van der Waals surface area contributed by atoms with E-state index in [1.54, 1.807) is 11.8 Å². The van der Waals surface area contributed by atoms with Crippen LogP contribution in [0.5, 0.6) is 0 Å². The third-order valence-corrected chi connectivity index (χ3v) is 4.00. The highest BCUT2D eigenvalue weighted by Gasteiger charge is 2.10. The molecule has 1 aromatic heterocycles. The van der Waals surface area contributed by atoms with Gasteiger partial charge in [-0.3, -0.25) is 0 Å². The number of hydrogen-bond acceptors (Lipinski definition) is 3. The number of nitrogens with zero attached hydrogens (tertiary/aromatic N) is 3. The molecule has 0 saturated carbocycles. The minimum Gasteiger partial charge on any atom is -0.370 e. The number of aliphatic imine (C=N–C) groups is 1. The fourth-order valence-corrected chi connectivity index (χ4v) is 2.67. The Morgan fingerprint density at radius 1 is 1.35 bits per heavy atom. The summed E-state index contributed by atoms with van der Waals surface area (Å²) < 4.78 is 0. The highest BCUT2D eigenvalue weighted by atomic mass is 127. The zero-order valence-corrected chi connectivity index (χ0v) is 15.1. The first-order chi connectivity index (χ1) is 9.29. The molecule has 0 unspecified atom stereocenters. The fourth-order valence-electron chi connectivity index (χ4n) is 2.23. The summed E-state index contributed by atoms with van der Waals surface area (Å²) in [5, 5.41) is 1.03. The Balaban J connectivity index is 0.00000200. The lowest BCUT2D eigenvalue weighted by Gasteiger charge is -2.21. The van der Waals surface area contributed by atoms with Crippen molar-refractivity contribution in [2.45, 2.75) is 37.3 Å². The van der Waals surface area contributed by atoms with Crippen molar-refractivity contribution in [2.75, 3.05) is 19.3 Å². The van der Waals surface area contributed by atoms with Crippen LogP contribution in [0.25, 0.3) is 0 Å². The molecule has 0 spiro atoms. The Hall–Kier alpha value is -0.500. The Labute approximate surface area is 142 Å². The topological polar surface area (TPSA) is 54.5 Å². The maximum Gasteiger partial charge on any atom is 0.191 e. The number of nitrogens with two attached hydrogens (primary N) is 1. The van der Waals surface area contributed by atoms with Crippen LogP contribution < -0.4 is 5.73 Å². The number of rotatable bonds is 3. The van der Waals surface area contributed by atoms with Gasteiger partial charge in [0, 0.05) is 19.3 Å². The van der Waals surface area contributed by atoms with Crippen LogP contribution in [0.1, 0.15) is 31.2 Å². The van der Waals surface area contributed by atoms with Crippen LogP contribution in [0.15, 0.2) is 28.3 Å². The van der Waals surface area contributed by atoms with Crippen molar-refractivity contribution in [3.05, 3.63) is 23.9 Å². The predicted molar refractivity (Wildman–Crippen MR) is 96.8 cm³/mol. The summed E-state index contributed by atoms with van der Waals surface area (Å²) in [5.74, 6) is 0.685. The normalized spacial score (nSPS) is 16.4. The maximum atomic E-state index is 6.09. The van der Waals surface area contributed by atoms with Crippen molar-refractivity contribution < 1.29 is 0 Å². The van der Waals surface area contributed by atoms with Crippen LogP contribution in [0, 0.1) is 0 Å². The van der Waals surface area contributed by atoms with Gasteiger partial charge in [0.2, 0.25) is 0 Å². The lowest BCUT2D eigenvalue weighted by molar-refractivity contribution is 0.428. The molecule has 1 aliphatic rings. The largest absolute Gasteiger partial charge is 0.370 e. The molecule has 1 fully saturated rings. The van der Waals surface area contributed by atoms with Crippen LogP contribution in [-0.2, 0) is 6.54 Å². The molecule has 6 heteroatoms. The Morgan fingerprint density at radius 3 is 2.70 bits per heavy atom. The van der Waals surface area contributed by atoms with E-state index in [-0.39, 0.29) is 24.0 Å².